The van der Waals surface area contributed by atoms with Gasteiger partial charge in [-0.15, -0.1) is 0 Å². The van der Waals surface area contributed by atoms with Crippen LogP contribution in [0.1, 0.15) is 36.1 Å². The second kappa shape index (κ2) is 8.52. The molecular weight excluding hydrogens is 398 g/mol. The molecule has 0 bridgehead atoms. The van der Waals surface area contributed by atoms with E-state index in [9.17, 15) is 14.4 Å². The van der Waals surface area contributed by atoms with E-state index in [0.29, 0.717) is 18.0 Å². The Bertz CT molecular complexity index is 1030. The average molecular weight is 424 g/mol. The molecule has 2 aliphatic heterocycles. The fraction of sp³-hybridized carbons (Fsp3) is 0.348. The fourth-order valence-corrected chi connectivity index (χ4v) is 4.78. The summed E-state index contributed by atoms with van der Waals surface area (Å²) in [4.78, 5) is 41.0. The first-order valence-corrected chi connectivity index (χ1v) is 11.0. The van der Waals surface area contributed by atoms with E-state index in [1.54, 1.807) is 11.0 Å². The van der Waals surface area contributed by atoms with Crippen LogP contribution in [0.3, 0.4) is 0 Å². The number of carbonyl (C=O) groups excluding carboxylic acids is 3. The quantitative estimate of drug-likeness (QED) is 0.694. The maximum atomic E-state index is 12.9. The summed E-state index contributed by atoms with van der Waals surface area (Å²) in [7, 11) is 0. The number of amides is 3. The van der Waals surface area contributed by atoms with Crippen LogP contribution in [0, 0.1) is 13.8 Å². The van der Waals surface area contributed by atoms with Gasteiger partial charge in [-0.25, -0.2) is 0 Å². The first kappa shape index (κ1) is 20.5. The van der Waals surface area contributed by atoms with E-state index in [-0.39, 0.29) is 17.7 Å². The summed E-state index contributed by atoms with van der Waals surface area (Å²) < 4.78 is 2.00. The smallest absolute Gasteiger partial charge is 0.294 e. The summed E-state index contributed by atoms with van der Waals surface area (Å²) in [5.41, 5.74) is 4.15. The van der Waals surface area contributed by atoms with Gasteiger partial charge in [-0.1, -0.05) is 17.7 Å². The van der Waals surface area contributed by atoms with Crippen LogP contribution in [0.15, 0.2) is 41.4 Å². The van der Waals surface area contributed by atoms with Crippen molar-refractivity contribution in [3.05, 3.63) is 58.3 Å². The van der Waals surface area contributed by atoms with Crippen LogP contribution in [0.2, 0.25) is 0 Å². The van der Waals surface area contributed by atoms with Gasteiger partial charge in [-0.2, -0.15) is 0 Å². The molecular formula is C23H25N3O3S. The van der Waals surface area contributed by atoms with Gasteiger partial charge < -0.3 is 9.47 Å². The minimum atomic E-state index is -0.399. The molecule has 3 amide bonds. The van der Waals surface area contributed by atoms with Crippen LogP contribution in [0.25, 0.3) is 11.8 Å². The van der Waals surface area contributed by atoms with Gasteiger partial charge in [0.2, 0.25) is 5.91 Å². The van der Waals surface area contributed by atoms with Crippen LogP contribution >= 0.6 is 11.8 Å². The minimum absolute atomic E-state index is 0.156. The zero-order valence-electron chi connectivity index (χ0n) is 17.3. The fourth-order valence-electron chi connectivity index (χ4n) is 3.96. The van der Waals surface area contributed by atoms with Crippen molar-refractivity contribution in [3.63, 3.8) is 0 Å². The van der Waals surface area contributed by atoms with Gasteiger partial charge in [-0.05, 0) is 74.7 Å². The van der Waals surface area contributed by atoms with Gasteiger partial charge in [-0.3, -0.25) is 19.3 Å². The lowest BCUT2D eigenvalue weighted by Gasteiger charge is -2.27. The van der Waals surface area contributed by atoms with Crippen molar-refractivity contribution in [2.45, 2.75) is 33.1 Å². The highest BCUT2D eigenvalue weighted by Crippen LogP contribution is 2.33. The SMILES string of the molecule is Cc1ccc(-n2cccc2/C=C2\SC(=O)N(CC(=O)N3CCCCC3)C2=O)c(C)c1. The Morgan fingerprint density at radius 2 is 1.87 bits per heavy atom. The van der Waals surface area contributed by atoms with Crippen LogP contribution in [0.4, 0.5) is 4.79 Å². The molecule has 1 aromatic carbocycles. The number of piperidine rings is 1. The minimum Gasteiger partial charge on any atom is -0.341 e. The lowest BCUT2D eigenvalue weighted by Crippen LogP contribution is -2.44. The highest BCUT2D eigenvalue weighted by Gasteiger charge is 2.37. The van der Waals surface area contributed by atoms with Gasteiger partial charge in [0, 0.05) is 30.7 Å². The van der Waals surface area contributed by atoms with E-state index in [2.05, 4.69) is 13.0 Å². The van der Waals surface area contributed by atoms with E-state index >= 15 is 0 Å². The van der Waals surface area contributed by atoms with Crippen LogP contribution in [-0.2, 0) is 9.59 Å². The number of aromatic nitrogens is 1. The molecule has 2 aromatic rings. The van der Waals surface area contributed by atoms with E-state index < -0.39 is 5.91 Å². The van der Waals surface area contributed by atoms with Gasteiger partial charge in [0.1, 0.15) is 6.54 Å². The highest BCUT2D eigenvalue weighted by atomic mass is 32.2. The van der Waals surface area contributed by atoms with Crippen molar-refractivity contribution >= 4 is 34.9 Å². The molecule has 0 aliphatic carbocycles. The van der Waals surface area contributed by atoms with Gasteiger partial charge >= 0.3 is 0 Å². The van der Waals surface area contributed by atoms with E-state index in [1.807, 2.05) is 42.0 Å². The van der Waals surface area contributed by atoms with Gasteiger partial charge in [0.25, 0.3) is 11.1 Å². The van der Waals surface area contributed by atoms with Crippen molar-refractivity contribution in [1.82, 2.24) is 14.4 Å². The average Bonchev–Trinajstić information content (AvgIpc) is 3.28. The molecule has 0 radical (unpaired) electrons. The number of benzene rings is 1. The van der Waals surface area contributed by atoms with Crippen LogP contribution < -0.4 is 0 Å². The number of imide groups is 1. The largest absolute Gasteiger partial charge is 0.341 e. The van der Waals surface area contributed by atoms with Crippen molar-refractivity contribution in [2.24, 2.45) is 0 Å². The molecule has 1 aromatic heterocycles. The third kappa shape index (κ3) is 4.07. The molecule has 0 saturated carbocycles. The summed E-state index contributed by atoms with van der Waals surface area (Å²) in [6.45, 7) is 5.32. The lowest BCUT2D eigenvalue weighted by molar-refractivity contribution is -0.136. The summed E-state index contributed by atoms with van der Waals surface area (Å²) in [6, 6.07) is 10.0. The maximum Gasteiger partial charge on any atom is 0.294 e. The topological polar surface area (TPSA) is 62.6 Å². The molecule has 2 saturated heterocycles. The van der Waals surface area contributed by atoms with Crippen molar-refractivity contribution in [2.75, 3.05) is 19.6 Å². The Kier molecular flexibility index (Phi) is 5.81. The maximum absolute atomic E-state index is 12.9. The third-order valence-electron chi connectivity index (χ3n) is 5.55. The molecule has 6 nitrogen and oxygen atoms in total. The Labute approximate surface area is 180 Å². The van der Waals surface area contributed by atoms with Crippen molar-refractivity contribution < 1.29 is 14.4 Å². The zero-order valence-corrected chi connectivity index (χ0v) is 18.1. The highest BCUT2D eigenvalue weighted by molar-refractivity contribution is 8.18. The number of thioether (sulfide) groups is 1. The summed E-state index contributed by atoms with van der Waals surface area (Å²) in [6.07, 6.45) is 6.74. The van der Waals surface area contributed by atoms with Crippen molar-refractivity contribution in [3.8, 4) is 5.69 Å². The predicted molar refractivity (Wildman–Crippen MR) is 118 cm³/mol. The molecule has 2 aliphatic rings. The number of likely N-dealkylation sites (tertiary alicyclic amines) is 1. The standard InChI is InChI=1S/C23H25N3O3S/c1-16-8-9-19(17(2)13-16)25-12-6-7-18(25)14-20-22(28)26(23(29)30-20)15-21(27)24-10-4-3-5-11-24/h6-9,12-14H,3-5,10-11,15H2,1-2H3/b20-14-. The normalized spacial score (nSPS) is 18.5. The second-order valence-electron chi connectivity index (χ2n) is 7.80. The van der Waals surface area contributed by atoms with E-state index in [0.717, 1.165) is 52.9 Å². The predicted octanol–water partition coefficient (Wildman–Crippen LogP) is 4.14. The molecule has 0 N–H and O–H groups in total. The molecule has 3 heterocycles. The van der Waals surface area contributed by atoms with Gasteiger partial charge in [0.05, 0.1) is 4.91 Å². The third-order valence-corrected chi connectivity index (χ3v) is 6.45. The number of hydrogen-bond acceptors (Lipinski definition) is 4. The Morgan fingerprint density at radius 1 is 1.10 bits per heavy atom. The Morgan fingerprint density at radius 3 is 2.60 bits per heavy atom. The molecule has 30 heavy (non-hydrogen) atoms. The number of carbonyl (C=O) groups is 3. The monoisotopic (exact) mass is 423 g/mol. The molecule has 7 heteroatoms. The second-order valence-corrected chi connectivity index (χ2v) is 8.80. The first-order valence-electron chi connectivity index (χ1n) is 10.2. The number of hydrogen-bond donors (Lipinski definition) is 0. The number of rotatable bonds is 4. The number of aryl methyl sites for hydroxylation is 2. The molecule has 2 fully saturated rings. The number of nitrogens with zero attached hydrogens (tertiary/aromatic N) is 3. The molecule has 0 atom stereocenters. The molecule has 0 spiro atoms. The molecule has 156 valence electrons. The Balaban J connectivity index is 1.54. The molecule has 0 unspecified atom stereocenters. The van der Waals surface area contributed by atoms with E-state index in [4.69, 9.17) is 0 Å². The van der Waals surface area contributed by atoms with E-state index in [1.165, 1.54) is 5.56 Å². The molecule has 4 rings (SSSR count). The summed E-state index contributed by atoms with van der Waals surface area (Å²) in [5.74, 6) is -0.555. The van der Waals surface area contributed by atoms with Crippen LogP contribution in [0.5, 0.6) is 0 Å². The van der Waals surface area contributed by atoms with Crippen LogP contribution in [-0.4, -0.2) is 51.1 Å². The first-order chi connectivity index (χ1) is 14.4. The summed E-state index contributed by atoms with van der Waals surface area (Å²) >= 11 is 0.894. The van der Waals surface area contributed by atoms with Gasteiger partial charge in [0.15, 0.2) is 0 Å². The summed E-state index contributed by atoms with van der Waals surface area (Å²) in [5, 5.41) is -0.388. The Hall–Kier alpha value is -2.80. The lowest BCUT2D eigenvalue weighted by atomic mass is 10.1. The van der Waals surface area contributed by atoms with Crippen molar-refractivity contribution in [1.29, 1.82) is 0 Å². The zero-order chi connectivity index (χ0) is 21.3.